The van der Waals surface area contributed by atoms with Gasteiger partial charge in [0.15, 0.2) is 0 Å². The maximum absolute atomic E-state index is 13.6. The van der Waals surface area contributed by atoms with Crippen LogP contribution in [0.3, 0.4) is 0 Å². The summed E-state index contributed by atoms with van der Waals surface area (Å²) in [4.78, 5) is 14.8. The topological polar surface area (TPSA) is 66.9 Å². The van der Waals surface area contributed by atoms with E-state index in [0.717, 1.165) is 9.87 Å². The Hall–Kier alpha value is -2.58. The summed E-state index contributed by atoms with van der Waals surface area (Å²) >= 11 is 12.3. The van der Waals surface area contributed by atoms with E-state index in [0.29, 0.717) is 31.0 Å². The minimum atomic E-state index is -4.10. The Kier molecular flexibility index (Phi) is 7.24. The maximum atomic E-state index is 13.6. The van der Waals surface area contributed by atoms with Gasteiger partial charge >= 0.3 is 0 Å². The normalized spacial score (nSPS) is 13.5. The van der Waals surface area contributed by atoms with Crippen molar-refractivity contribution in [1.29, 1.82) is 0 Å². The first-order valence-corrected chi connectivity index (χ1v) is 12.6. The second-order valence-electron chi connectivity index (χ2n) is 7.51. The van der Waals surface area contributed by atoms with Crippen molar-refractivity contribution < 1.29 is 17.9 Å². The SMILES string of the molecule is O=C(CN(CCc1ccccc1)S(=O)(=O)c1cc(Cl)ccc1Cl)N1CCOc2ccccc21. The van der Waals surface area contributed by atoms with Crippen molar-refractivity contribution in [3.05, 3.63) is 88.4 Å². The number of benzene rings is 3. The van der Waals surface area contributed by atoms with Crippen LogP contribution in [0.15, 0.2) is 77.7 Å². The number of halogens is 2. The van der Waals surface area contributed by atoms with E-state index in [1.54, 1.807) is 17.0 Å². The molecular formula is C24H22Cl2N2O4S. The summed E-state index contributed by atoms with van der Waals surface area (Å²) in [6.07, 6.45) is 0.436. The second-order valence-corrected chi connectivity index (χ2v) is 10.3. The number of sulfonamides is 1. The van der Waals surface area contributed by atoms with Gasteiger partial charge in [0.05, 0.1) is 23.8 Å². The zero-order valence-electron chi connectivity index (χ0n) is 17.7. The zero-order valence-corrected chi connectivity index (χ0v) is 20.0. The Morgan fingerprint density at radius 2 is 1.73 bits per heavy atom. The number of anilines is 1. The molecule has 0 aliphatic carbocycles. The van der Waals surface area contributed by atoms with Crippen LogP contribution >= 0.6 is 23.2 Å². The Morgan fingerprint density at radius 1 is 1.00 bits per heavy atom. The molecule has 0 bridgehead atoms. The summed E-state index contributed by atoms with van der Waals surface area (Å²) in [6.45, 7) is 0.430. The van der Waals surface area contributed by atoms with E-state index in [4.69, 9.17) is 27.9 Å². The number of hydrogen-bond donors (Lipinski definition) is 0. The van der Waals surface area contributed by atoms with E-state index in [-0.39, 0.29) is 33.9 Å². The molecule has 0 atom stereocenters. The van der Waals surface area contributed by atoms with Gasteiger partial charge in [-0.05, 0) is 42.3 Å². The van der Waals surface area contributed by atoms with Crippen molar-refractivity contribution >= 4 is 44.8 Å². The lowest BCUT2D eigenvalue weighted by Crippen LogP contribution is -2.46. The zero-order chi connectivity index (χ0) is 23.4. The third kappa shape index (κ3) is 5.33. The van der Waals surface area contributed by atoms with Crippen LogP contribution in [0.2, 0.25) is 10.0 Å². The highest BCUT2D eigenvalue weighted by Gasteiger charge is 2.32. The fraction of sp³-hybridized carbons (Fsp3) is 0.208. The van der Waals surface area contributed by atoms with E-state index in [2.05, 4.69) is 0 Å². The van der Waals surface area contributed by atoms with Crippen LogP contribution in [-0.4, -0.2) is 44.9 Å². The van der Waals surface area contributed by atoms with E-state index < -0.39 is 10.0 Å². The van der Waals surface area contributed by atoms with Gasteiger partial charge in [-0.25, -0.2) is 8.42 Å². The number of nitrogens with zero attached hydrogens (tertiary/aromatic N) is 2. The molecule has 9 heteroatoms. The van der Waals surface area contributed by atoms with Crippen LogP contribution in [0.1, 0.15) is 5.56 Å². The van der Waals surface area contributed by atoms with Gasteiger partial charge in [0.25, 0.3) is 0 Å². The summed E-state index contributed by atoms with van der Waals surface area (Å²) < 4.78 is 33.9. The number of rotatable bonds is 7. The predicted molar refractivity (Wildman–Crippen MR) is 130 cm³/mol. The molecule has 3 aromatic carbocycles. The lowest BCUT2D eigenvalue weighted by Gasteiger charge is -2.31. The van der Waals surface area contributed by atoms with Crippen LogP contribution in [0, 0.1) is 0 Å². The van der Waals surface area contributed by atoms with Crippen molar-refractivity contribution in [3.63, 3.8) is 0 Å². The minimum absolute atomic E-state index is 0.0493. The van der Waals surface area contributed by atoms with Gasteiger partial charge in [0.1, 0.15) is 17.3 Å². The highest BCUT2D eigenvalue weighted by Crippen LogP contribution is 2.32. The van der Waals surface area contributed by atoms with Crippen molar-refractivity contribution in [2.45, 2.75) is 11.3 Å². The molecule has 0 N–H and O–H groups in total. The molecule has 0 radical (unpaired) electrons. The van der Waals surface area contributed by atoms with Gasteiger partial charge in [-0.15, -0.1) is 0 Å². The van der Waals surface area contributed by atoms with E-state index in [1.807, 2.05) is 42.5 Å². The molecule has 1 aliphatic heterocycles. The van der Waals surface area contributed by atoms with Crippen LogP contribution in [-0.2, 0) is 21.2 Å². The van der Waals surface area contributed by atoms with E-state index in [9.17, 15) is 13.2 Å². The molecule has 6 nitrogen and oxygen atoms in total. The van der Waals surface area contributed by atoms with Gasteiger partial charge in [-0.3, -0.25) is 4.79 Å². The van der Waals surface area contributed by atoms with E-state index >= 15 is 0 Å². The number of hydrogen-bond acceptors (Lipinski definition) is 4. The molecule has 0 saturated heterocycles. The number of carbonyl (C=O) groups excluding carboxylic acids is 1. The van der Waals surface area contributed by atoms with Gasteiger partial charge in [-0.1, -0.05) is 65.7 Å². The smallest absolute Gasteiger partial charge is 0.245 e. The maximum Gasteiger partial charge on any atom is 0.245 e. The van der Waals surface area contributed by atoms with Crippen molar-refractivity contribution in [1.82, 2.24) is 4.31 Å². The molecule has 0 saturated carbocycles. The predicted octanol–water partition coefficient (Wildman–Crippen LogP) is 4.65. The molecule has 0 fully saturated rings. The summed E-state index contributed by atoms with van der Waals surface area (Å²) in [5.41, 5.74) is 1.58. The molecule has 0 unspecified atom stereocenters. The Labute approximate surface area is 203 Å². The lowest BCUT2D eigenvalue weighted by atomic mass is 10.1. The highest BCUT2D eigenvalue weighted by atomic mass is 35.5. The van der Waals surface area contributed by atoms with Crippen LogP contribution in [0.25, 0.3) is 0 Å². The third-order valence-corrected chi connectivity index (χ3v) is 7.91. The Bertz CT molecular complexity index is 1250. The quantitative estimate of drug-likeness (QED) is 0.469. The van der Waals surface area contributed by atoms with Gasteiger partial charge in [0.2, 0.25) is 15.9 Å². The summed E-state index contributed by atoms with van der Waals surface area (Å²) in [6, 6.07) is 21.0. The molecule has 3 aromatic rings. The number of carbonyl (C=O) groups is 1. The molecule has 0 aromatic heterocycles. The summed E-state index contributed by atoms with van der Waals surface area (Å²) in [7, 11) is -4.10. The first-order valence-electron chi connectivity index (χ1n) is 10.4. The first kappa shape index (κ1) is 23.6. The second kappa shape index (κ2) is 10.1. The number of para-hydroxylation sites is 2. The van der Waals surface area contributed by atoms with Crippen molar-refractivity contribution in [3.8, 4) is 5.75 Å². The van der Waals surface area contributed by atoms with Gasteiger partial charge in [-0.2, -0.15) is 4.31 Å². The van der Waals surface area contributed by atoms with E-state index in [1.165, 1.54) is 18.2 Å². The molecule has 1 amide bonds. The van der Waals surface area contributed by atoms with Crippen LogP contribution in [0.5, 0.6) is 5.75 Å². The molecule has 0 spiro atoms. The molecule has 1 heterocycles. The Morgan fingerprint density at radius 3 is 2.52 bits per heavy atom. The fourth-order valence-corrected chi connectivity index (χ4v) is 5.79. The first-order chi connectivity index (χ1) is 15.9. The number of fused-ring (bicyclic) bond motifs is 1. The molecule has 33 heavy (non-hydrogen) atoms. The number of amides is 1. The fourth-order valence-electron chi connectivity index (χ4n) is 3.66. The van der Waals surface area contributed by atoms with Crippen LogP contribution in [0.4, 0.5) is 5.69 Å². The lowest BCUT2D eigenvalue weighted by molar-refractivity contribution is -0.119. The van der Waals surface area contributed by atoms with Gasteiger partial charge in [0, 0.05) is 11.6 Å². The molecule has 1 aliphatic rings. The summed E-state index contributed by atoms with van der Waals surface area (Å²) in [5, 5.41) is 0.294. The van der Waals surface area contributed by atoms with Crippen molar-refractivity contribution in [2.24, 2.45) is 0 Å². The molecule has 4 rings (SSSR count). The third-order valence-electron chi connectivity index (χ3n) is 5.34. The van der Waals surface area contributed by atoms with Crippen LogP contribution < -0.4 is 9.64 Å². The Balaban J connectivity index is 1.64. The molecule has 172 valence electrons. The minimum Gasteiger partial charge on any atom is -0.490 e. The van der Waals surface area contributed by atoms with Gasteiger partial charge < -0.3 is 9.64 Å². The largest absolute Gasteiger partial charge is 0.490 e. The monoisotopic (exact) mass is 504 g/mol. The average Bonchev–Trinajstić information content (AvgIpc) is 2.83. The highest BCUT2D eigenvalue weighted by molar-refractivity contribution is 7.89. The summed E-state index contributed by atoms with van der Waals surface area (Å²) in [5.74, 6) is 0.245. The molecular weight excluding hydrogens is 483 g/mol. The average molecular weight is 505 g/mol. The van der Waals surface area contributed by atoms with Crippen molar-refractivity contribution in [2.75, 3.05) is 31.1 Å². The standard InChI is InChI=1S/C24H22Cl2N2O4S/c25-19-10-11-20(26)23(16-19)33(30,31)27(13-12-18-6-2-1-3-7-18)17-24(29)28-14-15-32-22-9-5-4-8-21(22)28/h1-11,16H,12-15,17H2. The number of ether oxygens (including phenoxy) is 1.